The normalized spacial score (nSPS) is 17.2. The lowest BCUT2D eigenvalue weighted by molar-refractivity contribution is 0.177. The summed E-state index contributed by atoms with van der Waals surface area (Å²) in [5.41, 5.74) is 0.697. The van der Waals surface area contributed by atoms with Crippen molar-refractivity contribution in [2.45, 2.75) is 25.4 Å². The van der Waals surface area contributed by atoms with Gasteiger partial charge in [0.2, 0.25) is 21.7 Å². The van der Waals surface area contributed by atoms with E-state index in [4.69, 9.17) is 4.52 Å². The molecule has 0 spiro atoms. The summed E-state index contributed by atoms with van der Waals surface area (Å²) in [6.07, 6.45) is 2.66. The summed E-state index contributed by atoms with van der Waals surface area (Å²) in [6.45, 7) is 2.02. The Morgan fingerprint density at radius 2 is 1.96 bits per heavy atom. The Balaban J connectivity index is 1.55. The molecule has 2 aromatic rings. The minimum Gasteiger partial charge on any atom is -0.338 e. The van der Waals surface area contributed by atoms with E-state index in [-0.39, 0.29) is 11.9 Å². The summed E-state index contributed by atoms with van der Waals surface area (Å²) in [4.78, 5) is 6.47. The van der Waals surface area contributed by atoms with Crippen molar-refractivity contribution < 1.29 is 17.3 Å². The van der Waals surface area contributed by atoms with Crippen molar-refractivity contribution in [1.82, 2.24) is 19.8 Å². The molecule has 3 rings (SSSR count). The van der Waals surface area contributed by atoms with Crippen molar-refractivity contribution in [2.24, 2.45) is 0 Å². The van der Waals surface area contributed by atoms with E-state index in [2.05, 4.69) is 19.8 Å². The third-order valence-electron chi connectivity index (χ3n) is 3.90. The first-order valence-electron chi connectivity index (χ1n) is 7.67. The minimum atomic E-state index is -3.17. The molecule has 24 heavy (non-hydrogen) atoms. The number of piperidine rings is 1. The summed E-state index contributed by atoms with van der Waals surface area (Å²) in [6, 6.07) is 5.89. The van der Waals surface area contributed by atoms with Gasteiger partial charge in [-0.1, -0.05) is 5.16 Å². The van der Waals surface area contributed by atoms with Crippen molar-refractivity contribution in [3.63, 3.8) is 0 Å². The highest BCUT2D eigenvalue weighted by Crippen LogP contribution is 2.18. The lowest BCUT2D eigenvalue weighted by atomic mass is 10.1. The second kappa shape index (κ2) is 6.96. The summed E-state index contributed by atoms with van der Waals surface area (Å²) in [5, 5.41) is 3.92. The molecule has 0 bridgehead atoms. The average molecular weight is 354 g/mol. The van der Waals surface area contributed by atoms with E-state index >= 15 is 0 Å². The van der Waals surface area contributed by atoms with Gasteiger partial charge in [0.05, 0.1) is 12.8 Å². The molecule has 1 fully saturated rings. The number of halogens is 1. The number of nitrogens with one attached hydrogen (secondary N) is 1. The molecule has 1 aliphatic heterocycles. The van der Waals surface area contributed by atoms with Crippen LogP contribution >= 0.6 is 0 Å². The zero-order valence-electron chi connectivity index (χ0n) is 13.3. The van der Waals surface area contributed by atoms with Crippen LogP contribution in [0.3, 0.4) is 0 Å². The predicted molar refractivity (Wildman–Crippen MR) is 86.0 cm³/mol. The predicted octanol–water partition coefficient (Wildman–Crippen LogP) is 1.39. The summed E-state index contributed by atoms with van der Waals surface area (Å²) >= 11 is 0. The largest absolute Gasteiger partial charge is 0.338 e. The second-order valence-corrected chi connectivity index (χ2v) is 7.74. The van der Waals surface area contributed by atoms with E-state index in [0.29, 0.717) is 23.8 Å². The maximum Gasteiger partial charge on any atom is 0.241 e. The molecule has 0 aliphatic carbocycles. The van der Waals surface area contributed by atoms with E-state index < -0.39 is 10.0 Å². The zero-order valence-corrected chi connectivity index (χ0v) is 14.1. The monoisotopic (exact) mass is 354 g/mol. The van der Waals surface area contributed by atoms with Gasteiger partial charge in [0.25, 0.3) is 0 Å². The highest BCUT2D eigenvalue weighted by atomic mass is 32.2. The van der Waals surface area contributed by atoms with Gasteiger partial charge in [-0.3, -0.25) is 4.90 Å². The molecule has 0 amide bonds. The molecular formula is C15H19FN4O3S. The quantitative estimate of drug-likeness (QED) is 0.873. The number of aromatic nitrogens is 2. The smallest absolute Gasteiger partial charge is 0.241 e. The number of hydrogen-bond acceptors (Lipinski definition) is 6. The third-order valence-corrected chi connectivity index (χ3v) is 4.66. The molecule has 7 nitrogen and oxygen atoms in total. The highest BCUT2D eigenvalue weighted by molar-refractivity contribution is 7.88. The van der Waals surface area contributed by atoms with Crippen LogP contribution in [0.1, 0.15) is 18.7 Å². The molecule has 1 aliphatic rings. The van der Waals surface area contributed by atoms with Crippen molar-refractivity contribution in [3.05, 3.63) is 36.0 Å². The van der Waals surface area contributed by atoms with Gasteiger partial charge in [0.15, 0.2) is 0 Å². The van der Waals surface area contributed by atoms with Crippen LogP contribution in [0.2, 0.25) is 0 Å². The Morgan fingerprint density at radius 1 is 1.29 bits per heavy atom. The molecule has 2 heterocycles. The van der Waals surface area contributed by atoms with Crippen LogP contribution in [0.25, 0.3) is 11.4 Å². The maximum atomic E-state index is 12.9. The lowest BCUT2D eigenvalue weighted by Gasteiger charge is -2.30. The summed E-state index contributed by atoms with van der Waals surface area (Å²) < 4.78 is 43.3. The molecule has 1 aromatic heterocycles. The summed E-state index contributed by atoms with van der Waals surface area (Å²) in [7, 11) is -3.17. The van der Waals surface area contributed by atoms with Crippen molar-refractivity contribution in [3.8, 4) is 11.4 Å². The number of likely N-dealkylation sites (tertiary alicyclic amines) is 1. The SMILES string of the molecule is CS(=O)(=O)NC1CCN(Cc2nc(-c3ccc(F)cc3)no2)CC1. The van der Waals surface area contributed by atoms with Gasteiger partial charge in [-0.2, -0.15) is 4.98 Å². The molecular weight excluding hydrogens is 335 g/mol. The van der Waals surface area contributed by atoms with Crippen LogP contribution < -0.4 is 4.72 Å². The summed E-state index contributed by atoms with van der Waals surface area (Å²) in [5.74, 6) is 0.607. The van der Waals surface area contributed by atoms with Gasteiger partial charge in [-0.15, -0.1) is 0 Å². The van der Waals surface area contributed by atoms with E-state index in [1.54, 1.807) is 12.1 Å². The van der Waals surface area contributed by atoms with Crippen LogP contribution in [0.5, 0.6) is 0 Å². The topological polar surface area (TPSA) is 88.3 Å². The van der Waals surface area contributed by atoms with E-state index in [9.17, 15) is 12.8 Å². The number of hydrogen-bond donors (Lipinski definition) is 1. The van der Waals surface area contributed by atoms with Gasteiger partial charge in [0.1, 0.15) is 5.82 Å². The van der Waals surface area contributed by atoms with E-state index in [1.165, 1.54) is 18.4 Å². The van der Waals surface area contributed by atoms with Crippen molar-refractivity contribution in [1.29, 1.82) is 0 Å². The van der Waals surface area contributed by atoms with Crippen LogP contribution in [-0.4, -0.2) is 48.8 Å². The zero-order chi connectivity index (χ0) is 17.2. The first-order valence-corrected chi connectivity index (χ1v) is 9.56. The number of nitrogens with zero attached hydrogens (tertiary/aromatic N) is 3. The maximum absolute atomic E-state index is 12.9. The van der Waals surface area contributed by atoms with Crippen LogP contribution in [-0.2, 0) is 16.6 Å². The van der Waals surface area contributed by atoms with Crippen molar-refractivity contribution in [2.75, 3.05) is 19.3 Å². The molecule has 0 atom stereocenters. The van der Waals surface area contributed by atoms with Crippen LogP contribution in [0, 0.1) is 5.82 Å². The fourth-order valence-corrected chi connectivity index (χ4v) is 3.58. The van der Waals surface area contributed by atoms with Crippen LogP contribution in [0.15, 0.2) is 28.8 Å². The fraction of sp³-hybridized carbons (Fsp3) is 0.467. The molecule has 1 aromatic carbocycles. The molecule has 130 valence electrons. The van der Waals surface area contributed by atoms with Crippen molar-refractivity contribution >= 4 is 10.0 Å². The Hall–Kier alpha value is -1.84. The molecule has 1 saturated heterocycles. The second-order valence-electron chi connectivity index (χ2n) is 5.96. The average Bonchev–Trinajstić information content (AvgIpc) is 2.97. The fourth-order valence-electron chi connectivity index (χ4n) is 2.74. The Bertz CT molecular complexity index is 783. The molecule has 1 N–H and O–H groups in total. The minimum absolute atomic E-state index is 0.0197. The van der Waals surface area contributed by atoms with Gasteiger partial charge < -0.3 is 4.52 Å². The first-order chi connectivity index (χ1) is 11.4. The van der Waals surface area contributed by atoms with E-state index in [1.807, 2.05) is 0 Å². The number of rotatable bonds is 5. The van der Waals surface area contributed by atoms with Gasteiger partial charge in [0, 0.05) is 24.7 Å². The van der Waals surface area contributed by atoms with Gasteiger partial charge in [-0.25, -0.2) is 17.5 Å². The number of benzene rings is 1. The number of sulfonamides is 1. The highest BCUT2D eigenvalue weighted by Gasteiger charge is 2.23. The Kier molecular flexibility index (Phi) is 4.93. The third kappa shape index (κ3) is 4.59. The first kappa shape index (κ1) is 17.0. The Labute approximate surface area is 139 Å². The lowest BCUT2D eigenvalue weighted by Crippen LogP contribution is -2.43. The standard InChI is InChI=1S/C15H19FN4O3S/c1-24(21,22)19-13-6-8-20(9-7-13)10-14-17-15(18-23-14)11-2-4-12(16)5-3-11/h2-5,13,19H,6-10H2,1H3. The molecule has 0 radical (unpaired) electrons. The molecule has 0 saturated carbocycles. The molecule has 0 unspecified atom stereocenters. The van der Waals surface area contributed by atoms with Gasteiger partial charge in [-0.05, 0) is 37.1 Å². The Morgan fingerprint density at radius 3 is 2.58 bits per heavy atom. The van der Waals surface area contributed by atoms with Gasteiger partial charge >= 0.3 is 0 Å². The van der Waals surface area contributed by atoms with Crippen LogP contribution in [0.4, 0.5) is 4.39 Å². The molecule has 9 heteroatoms. The van der Waals surface area contributed by atoms with E-state index in [0.717, 1.165) is 25.9 Å².